The van der Waals surface area contributed by atoms with Crippen molar-refractivity contribution in [3.8, 4) is 5.75 Å². The molecule has 9 heteroatoms. The van der Waals surface area contributed by atoms with Crippen molar-refractivity contribution in [3.05, 3.63) is 18.2 Å². The number of sulfonamides is 1. The predicted octanol–water partition coefficient (Wildman–Crippen LogP) is -0.303. The first kappa shape index (κ1) is 15.7. The van der Waals surface area contributed by atoms with Crippen LogP contribution in [0.4, 0.5) is 5.69 Å². The molecule has 1 aromatic rings. The van der Waals surface area contributed by atoms with Gasteiger partial charge >= 0.3 is 0 Å². The summed E-state index contributed by atoms with van der Waals surface area (Å²) in [5.41, 5.74) is 0.374. The molecule has 116 valence electrons. The lowest BCUT2D eigenvalue weighted by Gasteiger charge is -2.22. The minimum Gasteiger partial charge on any atom is -0.495 e. The quantitative estimate of drug-likeness (QED) is 0.787. The maximum Gasteiger partial charge on any atom is 0.255 e. The summed E-state index contributed by atoms with van der Waals surface area (Å²) in [4.78, 5) is 11.8. The molecule has 1 aromatic carbocycles. The van der Waals surface area contributed by atoms with Crippen molar-refractivity contribution in [1.82, 2.24) is 0 Å². The van der Waals surface area contributed by atoms with Gasteiger partial charge in [0.2, 0.25) is 10.0 Å². The molecule has 21 heavy (non-hydrogen) atoms. The number of rotatable bonds is 4. The maximum absolute atomic E-state index is 11.9. The number of carbonyl (C=O) groups excluding carboxylic acids is 1. The Bertz CT molecular complexity index is 625. The van der Waals surface area contributed by atoms with Gasteiger partial charge in [-0.2, -0.15) is 0 Å². The van der Waals surface area contributed by atoms with E-state index in [1.807, 2.05) is 0 Å². The van der Waals surface area contributed by atoms with Crippen LogP contribution in [0.3, 0.4) is 0 Å². The third-order valence-electron chi connectivity index (χ3n) is 2.85. The third kappa shape index (κ3) is 3.91. The first-order valence-corrected chi connectivity index (χ1v) is 7.67. The average Bonchev–Trinajstić information content (AvgIpc) is 2.46. The number of amides is 1. The van der Waals surface area contributed by atoms with Crippen molar-refractivity contribution in [2.75, 3.05) is 32.2 Å². The highest BCUT2D eigenvalue weighted by atomic mass is 32.2. The third-order valence-corrected chi connectivity index (χ3v) is 3.80. The van der Waals surface area contributed by atoms with Crippen LogP contribution in [-0.2, 0) is 24.3 Å². The summed E-state index contributed by atoms with van der Waals surface area (Å²) in [6.07, 6.45) is -0.692. The van der Waals surface area contributed by atoms with Gasteiger partial charge in [-0.1, -0.05) is 0 Å². The number of primary sulfonamides is 1. The number of ether oxygens (including phenoxy) is 3. The Labute approximate surface area is 122 Å². The molecule has 3 N–H and O–H groups in total. The number of nitrogens with two attached hydrogens (primary N) is 1. The Morgan fingerprint density at radius 3 is 2.76 bits per heavy atom. The number of hydrogen-bond acceptors (Lipinski definition) is 6. The van der Waals surface area contributed by atoms with Crippen LogP contribution in [0.2, 0.25) is 0 Å². The fourth-order valence-electron chi connectivity index (χ4n) is 1.84. The van der Waals surface area contributed by atoms with E-state index in [-0.39, 0.29) is 23.2 Å². The molecule has 0 saturated carbocycles. The van der Waals surface area contributed by atoms with Crippen LogP contribution in [-0.4, -0.2) is 47.4 Å². The molecule has 1 heterocycles. The molecule has 1 amide bonds. The van der Waals surface area contributed by atoms with Crippen LogP contribution in [0.1, 0.15) is 0 Å². The second kappa shape index (κ2) is 6.39. The van der Waals surface area contributed by atoms with Crippen molar-refractivity contribution in [3.63, 3.8) is 0 Å². The van der Waals surface area contributed by atoms with Gasteiger partial charge in [-0.25, -0.2) is 13.6 Å². The Kier molecular flexibility index (Phi) is 4.78. The Hall–Kier alpha value is -1.68. The van der Waals surface area contributed by atoms with Crippen LogP contribution < -0.4 is 15.2 Å². The van der Waals surface area contributed by atoms with E-state index in [1.54, 1.807) is 0 Å². The van der Waals surface area contributed by atoms with Crippen LogP contribution in [0, 0.1) is 0 Å². The van der Waals surface area contributed by atoms with Crippen molar-refractivity contribution >= 4 is 21.6 Å². The van der Waals surface area contributed by atoms with Gasteiger partial charge in [0.15, 0.2) is 6.10 Å². The molecule has 1 saturated heterocycles. The van der Waals surface area contributed by atoms with E-state index in [0.29, 0.717) is 18.9 Å². The number of anilines is 1. The fraction of sp³-hybridized carbons (Fsp3) is 0.417. The average molecular weight is 316 g/mol. The summed E-state index contributed by atoms with van der Waals surface area (Å²) < 4.78 is 38.1. The van der Waals surface area contributed by atoms with Crippen molar-refractivity contribution in [1.29, 1.82) is 0 Å². The van der Waals surface area contributed by atoms with E-state index in [1.165, 1.54) is 25.3 Å². The molecule has 1 aliphatic heterocycles. The summed E-state index contributed by atoms with van der Waals surface area (Å²) in [5, 5.41) is 7.68. The van der Waals surface area contributed by atoms with Gasteiger partial charge in [-0.05, 0) is 12.1 Å². The SMILES string of the molecule is COc1cc(NC(=O)C2COCCO2)ccc1S(N)(=O)=O. The monoisotopic (exact) mass is 316 g/mol. The van der Waals surface area contributed by atoms with Gasteiger partial charge in [0.05, 0.1) is 26.9 Å². The first-order valence-electron chi connectivity index (χ1n) is 6.13. The van der Waals surface area contributed by atoms with E-state index in [4.69, 9.17) is 19.3 Å². The zero-order chi connectivity index (χ0) is 15.5. The van der Waals surface area contributed by atoms with Gasteiger partial charge in [0.1, 0.15) is 10.6 Å². The topological polar surface area (TPSA) is 117 Å². The summed E-state index contributed by atoms with van der Waals surface area (Å²) in [5.74, 6) is -0.323. The maximum atomic E-state index is 11.9. The highest BCUT2D eigenvalue weighted by Crippen LogP contribution is 2.26. The Morgan fingerprint density at radius 2 is 2.19 bits per heavy atom. The second-order valence-electron chi connectivity index (χ2n) is 4.33. The largest absolute Gasteiger partial charge is 0.495 e. The van der Waals surface area contributed by atoms with Crippen molar-refractivity contribution < 1.29 is 27.4 Å². The van der Waals surface area contributed by atoms with E-state index in [2.05, 4.69) is 5.32 Å². The molecule has 1 atom stereocenters. The number of benzene rings is 1. The molecule has 8 nitrogen and oxygen atoms in total. The Balaban J connectivity index is 2.15. The highest BCUT2D eigenvalue weighted by Gasteiger charge is 2.23. The van der Waals surface area contributed by atoms with Crippen molar-refractivity contribution in [2.45, 2.75) is 11.0 Å². The fourth-order valence-corrected chi connectivity index (χ4v) is 2.52. The molecule has 0 aromatic heterocycles. The smallest absolute Gasteiger partial charge is 0.255 e. The molecule has 0 spiro atoms. The van der Waals surface area contributed by atoms with Gasteiger partial charge < -0.3 is 19.5 Å². The van der Waals surface area contributed by atoms with Crippen LogP contribution in [0.25, 0.3) is 0 Å². The second-order valence-corrected chi connectivity index (χ2v) is 5.86. The number of nitrogens with one attached hydrogen (secondary N) is 1. The van der Waals surface area contributed by atoms with Gasteiger partial charge in [-0.3, -0.25) is 4.79 Å². The number of methoxy groups -OCH3 is 1. The summed E-state index contributed by atoms with van der Waals surface area (Å²) in [6, 6.07) is 4.06. The minimum atomic E-state index is -3.89. The predicted molar refractivity (Wildman–Crippen MR) is 73.6 cm³/mol. The van der Waals surface area contributed by atoms with Gasteiger partial charge in [0, 0.05) is 11.8 Å². The number of carbonyl (C=O) groups is 1. The summed E-state index contributed by atoms with van der Waals surface area (Å²) in [7, 11) is -2.58. The number of hydrogen-bond donors (Lipinski definition) is 2. The van der Waals surface area contributed by atoms with E-state index in [0.717, 1.165) is 0 Å². The van der Waals surface area contributed by atoms with E-state index < -0.39 is 16.1 Å². The standard InChI is InChI=1S/C12H16N2O6S/c1-18-9-6-8(2-3-11(9)21(13,16)17)14-12(15)10-7-19-4-5-20-10/h2-3,6,10H,4-5,7H2,1H3,(H,14,15)(H2,13,16,17). The van der Waals surface area contributed by atoms with Gasteiger partial charge in [-0.15, -0.1) is 0 Å². The summed E-state index contributed by atoms with van der Waals surface area (Å²) >= 11 is 0. The van der Waals surface area contributed by atoms with Gasteiger partial charge in [0.25, 0.3) is 5.91 Å². The first-order chi connectivity index (χ1) is 9.91. The molecule has 1 aliphatic rings. The molecule has 0 radical (unpaired) electrons. The van der Waals surface area contributed by atoms with Crippen LogP contribution >= 0.6 is 0 Å². The minimum absolute atomic E-state index is 0.0520. The van der Waals surface area contributed by atoms with Crippen molar-refractivity contribution in [2.24, 2.45) is 5.14 Å². The molecular formula is C12H16N2O6S. The normalized spacial score (nSPS) is 19.0. The Morgan fingerprint density at radius 1 is 1.43 bits per heavy atom. The molecule has 2 rings (SSSR count). The zero-order valence-corrected chi connectivity index (χ0v) is 12.2. The lowest BCUT2D eigenvalue weighted by atomic mass is 10.2. The van der Waals surface area contributed by atoms with Crippen LogP contribution in [0.15, 0.2) is 23.1 Å². The van der Waals surface area contributed by atoms with Crippen LogP contribution in [0.5, 0.6) is 5.75 Å². The molecule has 0 aliphatic carbocycles. The highest BCUT2D eigenvalue weighted by molar-refractivity contribution is 7.89. The zero-order valence-electron chi connectivity index (χ0n) is 11.4. The van der Waals surface area contributed by atoms with E-state index >= 15 is 0 Å². The molecule has 1 fully saturated rings. The lowest BCUT2D eigenvalue weighted by Crippen LogP contribution is -2.39. The molecular weight excluding hydrogens is 300 g/mol. The lowest BCUT2D eigenvalue weighted by molar-refractivity contribution is -0.142. The summed E-state index contributed by atoms with van der Waals surface area (Å²) in [6.45, 7) is 0.991. The molecule has 0 bridgehead atoms. The van der Waals surface area contributed by atoms with E-state index in [9.17, 15) is 13.2 Å². The molecule has 1 unspecified atom stereocenters.